The van der Waals surface area contributed by atoms with Crippen LogP contribution in [0.2, 0.25) is 0 Å². The van der Waals surface area contributed by atoms with Gasteiger partial charge in [-0.25, -0.2) is 0 Å². The number of rotatable bonds is 9. The highest BCUT2D eigenvalue weighted by Gasteiger charge is 2.03. The number of methoxy groups -OCH3 is 2. The van der Waals surface area contributed by atoms with Gasteiger partial charge in [-0.3, -0.25) is 4.79 Å². The second-order valence-corrected chi connectivity index (χ2v) is 5.38. The molecule has 0 radical (unpaired) electrons. The number of nitrogens with one attached hydrogen (secondary N) is 2. The van der Waals surface area contributed by atoms with E-state index in [4.69, 9.17) is 9.47 Å². The zero-order chi connectivity index (χ0) is 17.9. The predicted molar refractivity (Wildman–Crippen MR) is 101 cm³/mol. The largest absolute Gasteiger partial charge is 0.497 e. The van der Waals surface area contributed by atoms with Gasteiger partial charge in [0.05, 0.1) is 14.2 Å². The molecule has 0 heterocycles. The molecule has 2 N–H and O–H groups in total. The molecule has 5 heteroatoms. The van der Waals surface area contributed by atoms with Crippen LogP contribution in [0.1, 0.15) is 12.0 Å². The van der Waals surface area contributed by atoms with Gasteiger partial charge in [-0.1, -0.05) is 18.2 Å². The average Bonchev–Trinajstić information content (AvgIpc) is 2.66. The zero-order valence-electron chi connectivity index (χ0n) is 14.6. The van der Waals surface area contributed by atoms with E-state index in [1.807, 2.05) is 42.5 Å². The maximum atomic E-state index is 11.9. The molecule has 0 bridgehead atoms. The molecular formula is C20H24N2O3. The molecule has 0 saturated heterocycles. The Hall–Kier alpha value is -2.95. The second kappa shape index (κ2) is 10.0. The van der Waals surface area contributed by atoms with Crippen LogP contribution in [-0.4, -0.2) is 33.2 Å². The van der Waals surface area contributed by atoms with Crippen molar-refractivity contribution in [2.24, 2.45) is 0 Å². The highest BCUT2D eigenvalue weighted by atomic mass is 16.5. The maximum Gasteiger partial charge on any atom is 0.244 e. The Morgan fingerprint density at radius 2 is 1.84 bits per heavy atom. The van der Waals surface area contributed by atoms with Crippen LogP contribution in [0.4, 0.5) is 5.69 Å². The molecule has 0 atom stereocenters. The van der Waals surface area contributed by atoms with E-state index in [1.54, 1.807) is 26.4 Å². The Morgan fingerprint density at radius 3 is 2.56 bits per heavy atom. The van der Waals surface area contributed by atoms with Crippen molar-refractivity contribution < 1.29 is 14.3 Å². The summed E-state index contributed by atoms with van der Waals surface area (Å²) >= 11 is 0. The normalized spacial score (nSPS) is 10.5. The summed E-state index contributed by atoms with van der Waals surface area (Å²) in [5.74, 6) is 1.25. The summed E-state index contributed by atoms with van der Waals surface area (Å²) in [6, 6.07) is 15.5. The van der Waals surface area contributed by atoms with Crippen LogP contribution in [0.3, 0.4) is 0 Å². The van der Waals surface area contributed by atoms with Crippen LogP contribution in [0, 0.1) is 0 Å². The van der Waals surface area contributed by atoms with Crippen LogP contribution >= 0.6 is 0 Å². The van der Waals surface area contributed by atoms with Gasteiger partial charge in [0.25, 0.3) is 0 Å². The summed E-state index contributed by atoms with van der Waals surface area (Å²) < 4.78 is 10.5. The smallest absolute Gasteiger partial charge is 0.244 e. The third-order valence-electron chi connectivity index (χ3n) is 3.61. The zero-order valence-corrected chi connectivity index (χ0v) is 14.6. The minimum atomic E-state index is -0.127. The molecule has 1 amide bonds. The lowest BCUT2D eigenvalue weighted by molar-refractivity contribution is -0.116. The third-order valence-corrected chi connectivity index (χ3v) is 3.61. The first-order valence-electron chi connectivity index (χ1n) is 8.20. The molecule has 5 nitrogen and oxygen atoms in total. The Bertz CT molecular complexity index is 699. The van der Waals surface area contributed by atoms with E-state index in [0.29, 0.717) is 18.0 Å². The van der Waals surface area contributed by atoms with Crippen LogP contribution in [0.5, 0.6) is 11.5 Å². The number of anilines is 1. The van der Waals surface area contributed by atoms with E-state index in [0.717, 1.165) is 24.2 Å². The lowest BCUT2D eigenvalue weighted by Crippen LogP contribution is -2.23. The molecule has 25 heavy (non-hydrogen) atoms. The van der Waals surface area contributed by atoms with E-state index < -0.39 is 0 Å². The van der Waals surface area contributed by atoms with Crippen LogP contribution in [0.25, 0.3) is 6.08 Å². The number of carbonyl (C=O) groups excluding carboxylic acids is 1. The fourth-order valence-electron chi connectivity index (χ4n) is 2.27. The number of hydrogen-bond acceptors (Lipinski definition) is 4. The van der Waals surface area contributed by atoms with Gasteiger partial charge in [0.1, 0.15) is 11.5 Å². The van der Waals surface area contributed by atoms with Gasteiger partial charge in [0, 0.05) is 36.5 Å². The van der Waals surface area contributed by atoms with Crippen LogP contribution in [0.15, 0.2) is 54.6 Å². The minimum absolute atomic E-state index is 0.127. The molecule has 0 aliphatic rings. The van der Waals surface area contributed by atoms with E-state index in [-0.39, 0.29) is 5.91 Å². The fourth-order valence-corrected chi connectivity index (χ4v) is 2.27. The summed E-state index contributed by atoms with van der Waals surface area (Å²) in [6.45, 7) is 1.42. The van der Waals surface area contributed by atoms with Crippen molar-refractivity contribution in [3.63, 3.8) is 0 Å². The molecule has 0 aliphatic carbocycles. The van der Waals surface area contributed by atoms with Gasteiger partial charge in [-0.15, -0.1) is 0 Å². The Morgan fingerprint density at radius 1 is 1.04 bits per heavy atom. The second-order valence-electron chi connectivity index (χ2n) is 5.38. The van der Waals surface area contributed by atoms with Gasteiger partial charge in [-0.2, -0.15) is 0 Å². The van der Waals surface area contributed by atoms with Crippen molar-refractivity contribution in [3.05, 3.63) is 60.2 Å². The summed E-state index contributed by atoms with van der Waals surface area (Å²) in [4.78, 5) is 11.9. The first-order valence-corrected chi connectivity index (χ1v) is 8.20. The highest BCUT2D eigenvalue weighted by Crippen LogP contribution is 2.25. The van der Waals surface area contributed by atoms with E-state index in [9.17, 15) is 4.79 Å². The van der Waals surface area contributed by atoms with E-state index >= 15 is 0 Å². The van der Waals surface area contributed by atoms with E-state index in [2.05, 4.69) is 10.6 Å². The number of carbonyl (C=O) groups is 1. The Kier molecular flexibility index (Phi) is 7.38. The SMILES string of the molecule is COc1ccc(/C=C/C(=O)NCCCNc2ccccc2)c(OC)c1. The van der Waals surface area contributed by atoms with Gasteiger partial charge < -0.3 is 20.1 Å². The first-order chi connectivity index (χ1) is 12.2. The molecule has 2 aromatic rings. The highest BCUT2D eigenvalue weighted by molar-refractivity contribution is 5.92. The summed E-state index contributed by atoms with van der Waals surface area (Å²) in [6.07, 6.45) is 4.09. The van der Waals surface area contributed by atoms with Gasteiger partial charge in [-0.05, 0) is 36.8 Å². The number of benzene rings is 2. The molecule has 2 rings (SSSR count). The summed E-state index contributed by atoms with van der Waals surface area (Å²) in [5.41, 5.74) is 1.91. The number of hydrogen-bond donors (Lipinski definition) is 2. The number of ether oxygens (including phenoxy) is 2. The molecule has 0 aliphatic heterocycles. The summed E-state index contributed by atoms with van der Waals surface area (Å²) in [7, 11) is 3.19. The average molecular weight is 340 g/mol. The topological polar surface area (TPSA) is 59.6 Å². The quantitative estimate of drug-likeness (QED) is 0.543. The Balaban J connectivity index is 1.73. The van der Waals surface area contributed by atoms with Crippen molar-refractivity contribution in [1.82, 2.24) is 5.32 Å². The molecule has 0 aromatic heterocycles. The molecule has 0 spiro atoms. The Labute approximate surface area is 148 Å². The third kappa shape index (κ3) is 6.22. The van der Waals surface area contributed by atoms with Gasteiger partial charge in [0.2, 0.25) is 5.91 Å². The van der Waals surface area contributed by atoms with Crippen LogP contribution in [-0.2, 0) is 4.79 Å². The fraction of sp³-hybridized carbons (Fsp3) is 0.250. The standard InChI is InChI=1S/C20H24N2O3/c1-24-18-11-9-16(19(15-18)25-2)10-12-20(23)22-14-6-13-21-17-7-4-3-5-8-17/h3-5,7-12,15,21H,6,13-14H2,1-2H3,(H,22,23)/b12-10+. The van der Waals surface area contributed by atoms with Gasteiger partial charge >= 0.3 is 0 Å². The lowest BCUT2D eigenvalue weighted by atomic mass is 10.1. The van der Waals surface area contributed by atoms with Crippen molar-refractivity contribution in [3.8, 4) is 11.5 Å². The van der Waals surface area contributed by atoms with Crippen molar-refractivity contribution in [2.45, 2.75) is 6.42 Å². The number of para-hydroxylation sites is 1. The molecule has 132 valence electrons. The molecule has 0 saturated carbocycles. The van der Waals surface area contributed by atoms with Crippen molar-refractivity contribution in [1.29, 1.82) is 0 Å². The van der Waals surface area contributed by atoms with E-state index in [1.165, 1.54) is 6.08 Å². The number of amides is 1. The van der Waals surface area contributed by atoms with Crippen LogP contribution < -0.4 is 20.1 Å². The summed E-state index contributed by atoms with van der Waals surface area (Å²) in [5, 5.41) is 6.17. The molecule has 0 unspecified atom stereocenters. The van der Waals surface area contributed by atoms with Gasteiger partial charge in [0.15, 0.2) is 0 Å². The van der Waals surface area contributed by atoms with Crippen molar-refractivity contribution in [2.75, 3.05) is 32.6 Å². The monoisotopic (exact) mass is 340 g/mol. The van der Waals surface area contributed by atoms with Crippen molar-refractivity contribution >= 4 is 17.7 Å². The minimum Gasteiger partial charge on any atom is -0.497 e. The molecule has 0 fully saturated rings. The maximum absolute atomic E-state index is 11.9. The molecular weight excluding hydrogens is 316 g/mol. The molecule has 2 aromatic carbocycles. The first kappa shape index (κ1) is 18.4. The predicted octanol–water partition coefficient (Wildman–Crippen LogP) is 3.34. The lowest BCUT2D eigenvalue weighted by Gasteiger charge is -2.08.